The fraction of sp³-hybridized carbons (Fsp3) is 0.300. The second-order valence-corrected chi connectivity index (χ2v) is 4.11. The third-order valence-corrected chi connectivity index (χ3v) is 3.07. The molecule has 0 radical (unpaired) electrons. The van der Waals surface area contributed by atoms with E-state index in [1.807, 2.05) is 0 Å². The zero-order valence-corrected chi connectivity index (χ0v) is 11.1. The maximum atomic E-state index is 11.7. The first-order valence-corrected chi connectivity index (χ1v) is 5.79. The van der Waals surface area contributed by atoms with E-state index in [1.165, 1.54) is 6.20 Å². The Morgan fingerprint density at radius 3 is 2.53 bits per heavy atom. The van der Waals surface area contributed by atoms with E-state index in [0.29, 0.717) is 0 Å². The van der Waals surface area contributed by atoms with Gasteiger partial charge in [-0.1, -0.05) is 34.8 Å². The van der Waals surface area contributed by atoms with Gasteiger partial charge >= 0.3 is 5.97 Å². The van der Waals surface area contributed by atoms with E-state index >= 15 is 0 Å². The normalized spacial score (nSPS) is 10.1. The van der Waals surface area contributed by atoms with Gasteiger partial charge in [0, 0.05) is 6.20 Å². The van der Waals surface area contributed by atoms with E-state index in [1.54, 1.807) is 6.92 Å². The number of carbonyl (C=O) groups is 2. The monoisotopic (exact) mass is 295 g/mol. The molecule has 92 valence electrons. The number of ether oxygens (including phenoxy) is 1. The minimum atomic E-state index is -0.625. The Morgan fingerprint density at radius 2 is 1.94 bits per heavy atom. The van der Waals surface area contributed by atoms with Gasteiger partial charge in [0.2, 0.25) is 0 Å². The molecule has 0 saturated heterocycles. The Labute approximate surface area is 113 Å². The van der Waals surface area contributed by atoms with E-state index < -0.39 is 18.2 Å². The van der Waals surface area contributed by atoms with Crippen LogP contribution in [0.2, 0.25) is 15.2 Å². The predicted molar refractivity (Wildman–Crippen MR) is 64.8 cm³/mol. The molecule has 0 saturated carbocycles. The number of ketones is 1. The molecule has 0 aromatic carbocycles. The molecule has 7 heteroatoms. The minimum Gasteiger partial charge on any atom is -0.466 e. The lowest BCUT2D eigenvalue weighted by atomic mass is 10.1. The van der Waals surface area contributed by atoms with Gasteiger partial charge in [-0.25, -0.2) is 4.98 Å². The van der Waals surface area contributed by atoms with E-state index in [-0.39, 0.29) is 27.4 Å². The van der Waals surface area contributed by atoms with Gasteiger partial charge in [-0.2, -0.15) is 0 Å². The third-order valence-electron chi connectivity index (χ3n) is 1.83. The molecule has 1 rings (SSSR count). The van der Waals surface area contributed by atoms with Crippen LogP contribution < -0.4 is 0 Å². The maximum absolute atomic E-state index is 11.7. The Kier molecular flexibility index (Phi) is 5.18. The Bertz CT molecular complexity index is 462. The molecule has 1 heterocycles. The molecule has 0 fully saturated rings. The fourth-order valence-corrected chi connectivity index (χ4v) is 1.66. The van der Waals surface area contributed by atoms with Crippen LogP contribution in [0.25, 0.3) is 0 Å². The molecule has 0 aliphatic heterocycles. The van der Waals surface area contributed by atoms with Gasteiger partial charge in [-0.05, 0) is 6.92 Å². The van der Waals surface area contributed by atoms with Crippen LogP contribution >= 0.6 is 34.8 Å². The summed E-state index contributed by atoms with van der Waals surface area (Å²) in [6.45, 7) is 1.86. The molecule has 1 aromatic heterocycles. The van der Waals surface area contributed by atoms with Crippen molar-refractivity contribution < 1.29 is 14.3 Å². The van der Waals surface area contributed by atoms with Crippen molar-refractivity contribution in [1.29, 1.82) is 0 Å². The van der Waals surface area contributed by atoms with Crippen molar-refractivity contribution in [2.24, 2.45) is 0 Å². The molecule has 0 aliphatic rings. The predicted octanol–water partition coefficient (Wildman–Crippen LogP) is 3.18. The Balaban J connectivity index is 2.90. The molecular weight excluding hydrogens is 288 g/mol. The van der Waals surface area contributed by atoms with Gasteiger partial charge in [0.25, 0.3) is 0 Å². The summed E-state index contributed by atoms with van der Waals surface area (Å²) in [5.74, 6) is -1.14. The third kappa shape index (κ3) is 3.56. The second-order valence-electron chi connectivity index (χ2n) is 3.00. The average Bonchev–Trinajstić information content (AvgIpc) is 2.26. The van der Waals surface area contributed by atoms with Crippen LogP contribution in [0.5, 0.6) is 0 Å². The summed E-state index contributed by atoms with van der Waals surface area (Å²) < 4.78 is 4.65. The zero-order chi connectivity index (χ0) is 13.0. The quantitative estimate of drug-likeness (QED) is 0.370. The van der Waals surface area contributed by atoms with Gasteiger partial charge in [0.1, 0.15) is 11.6 Å². The van der Waals surface area contributed by atoms with Gasteiger partial charge in [0.05, 0.1) is 22.2 Å². The first kappa shape index (κ1) is 14.2. The van der Waals surface area contributed by atoms with Crippen molar-refractivity contribution >= 4 is 46.6 Å². The number of halogens is 3. The highest BCUT2D eigenvalue weighted by molar-refractivity contribution is 6.48. The summed E-state index contributed by atoms with van der Waals surface area (Å²) in [6.07, 6.45) is 0.769. The number of pyridine rings is 1. The summed E-state index contributed by atoms with van der Waals surface area (Å²) in [6, 6.07) is 0. The topological polar surface area (TPSA) is 56.3 Å². The lowest BCUT2D eigenvalue weighted by Gasteiger charge is -2.05. The number of hydrogen-bond donors (Lipinski definition) is 0. The molecular formula is C10H8Cl3NO3. The molecule has 0 aliphatic carbocycles. The highest BCUT2D eigenvalue weighted by Crippen LogP contribution is 2.31. The highest BCUT2D eigenvalue weighted by atomic mass is 35.5. The molecule has 1 aromatic rings. The van der Waals surface area contributed by atoms with E-state index in [2.05, 4.69) is 9.72 Å². The molecule has 0 amide bonds. The van der Waals surface area contributed by atoms with Crippen LogP contribution in [0, 0.1) is 0 Å². The van der Waals surface area contributed by atoms with Crippen molar-refractivity contribution in [2.45, 2.75) is 13.3 Å². The van der Waals surface area contributed by atoms with Crippen molar-refractivity contribution in [3.05, 3.63) is 27.0 Å². The number of Topliss-reactive ketones (excluding diaryl/α,β-unsaturated/α-hetero) is 1. The number of rotatable bonds is 4. The highest BCUT2D eigenvalue weighted by Gasteiger charge is 2.19. The number of carbonyl (C=O) groups excluding carboxylic acids is 2. The van der Waals surface area contributed by atoms with Crippen LogP contribution in [-0.4, -0.2) is 23.3 Å². The van der Waals surface area contributed by atoms with E-state index in [0.717, 1.165) is 0 Å². The van der Waals surface area contributed by atoms with E-state index in [9.17, 15) is 9.59 Å². The molecule has 0 unspecified atom stereocenters. The van der Waals surface area contributed by atoms with Crippen LogP contribution in [0.15, 0.2) is 6.20 Å². The van der Waals surface area contributed by atoms with E-state index in [4.69, 9.17) is 34.8 Å². The second kappa shape index (κ2) is 6.19. The Hall–Kier alpha value is -0.840. The lowest BCUT2D eigenvalue weighted by molar-refractivity contribution is -0.141. The fourth-order valence-electron chi connectivity index (χ4n) is 1.08. The number of aromatic nitrogens is 1. The molecule has 0 atom stereocenters. The molecule has 4 nitrogen and oxygen atoms in total. The molecule has 0 spiro atoms. The van der Waals surface area contributed by atoms with Crippen molar-refractivity contribution in [3.8, 4) is 0 Å². The summed E-state index contributed by atoms with van der Waals surface area (Å²) >= 11 is 17.2. The molecule has 0 N–H and O–H groups in total. The van der Waals surface area contributed by atoms with Crippen molar-refractivity contribution in [2.75, 3.05) is 6.61 Å². The summed E-state index contributed by atoms with van der Waals surface area (Å²) in [5, 5.41) is -0.0200. The van der Waals surface area contributed by atoms with Gasteiger partial charge in [-0.3, -0.25) is 9.59 Å². The Morgan fingerprint density at radius 1 is 1.29 bits per heavy atom. The van der Waals surface area contributed by atoms with Crippen LogP contribution in [-0.2, 0) is 9.53 Å². The minimum absolute atomic E-state index is 0.00403. The number of esters is 1. The first-order valence-electron chi connectivity index (χ1n) is 4.65. The van der Waals surface area contributed by atoms with Gasteiger partial charge in [-0.15, -0.1) is 0 Å². The summed E-state index contributed by atoms with van der Waals surface area (Å²) in [5.41, 5.74) is 0.0501. The van der Waals surface area contributed by atoms with Crippen LogP contribution in [0.4, 0.5) is 0 Å². The van der Waals surface area contributed by atoms with Gasteiger partial charge in [0.15, 0.2) is 5.78 Å². The maximum Gasteiger partial charge on any atom is 0.313 e. The standard InChI is InChI=1S/C10H8Cl3NO3/c1-2-17-7(16)3-6(15)5-4-14-10(13)9(12)8(5)11/h4H,2-3H2,1H3. The SMILES string of the molecule is CCOC(=O)CC(=O)c1cnc(Cl)c(Cl)c1Cl. The zero-order valence-electron chi connectivity index (χ0n) is 8.80. The summed E-state index contributed by atoms with van der Waals surface area (Å²) in [7, 11) is 0. The molecule has 17 heavy (non-hydrogen) atoms. The first-order chi connectivity index (χ1) is 7.97. The smallest absolute Gasteiger partial charge is 0.313 e. The summed E-state index contributed by atoms with van der Waals surface area (Å²) in [4.78, 5) is 26.5. The van der Waals surface area contributed by atoms with Crippen molar-refractivity contribution in [1.82, 2.24) is 4.98 Å². The lowest BCUT2D eigenvalue weighted by Crippen LogP contribution is -2.12. The average molecular weight is 297 g/mol. The molecule has 0 bridgehead atoms. The van der Waals surface area contributed by atoms with Crippen LogP contribution in [0.1, 0.15) is 23.7 Å². The van der Waals surface area contributed by atoms with Crippen molar-refractivity contribution in [3.63, 3.8) is 0 Å². The largest absolute Gasteiger partial charge is 0.466 e. The van der Waals surface area contributed by atoms with Crippen LogP contribution in [0.3, 0.4) is 0 Å². The van der Waals surface area contributed by atoms with Gasteiger partial charge < -0.3 is 4.74 Å². The number of hydrogen-bond acceptors (Lipinski definition) is 4. The number of nitrogens with zero attached hydrogens (tertiary/aromatic N) is 1.